The topological polar surface area (TPSA) is 14.8 Å². The van der Waals surface area contributed by atoms with Crippen LogP contribution in [0.15, 0.2) is 188 Å². The lowest BCUT2D eigenvalue weighted by molar-refractivity contribution is 0.399. The molecule has 13 rings (SSSR count). The number of hydrogen-bond acceptors (Lipinski definition) is 0. The molecule has 0 radical (unpaired) electrons. The van der Waals surface area contributed by atoms with Gasteiger partial charge in [-0.1, -0.05) is 225 Å². The summed E-state index contributed by atoms with van der Waals surface area (Å²) in [5.74, 6) is 14.9. The van der Waals surface area contributed by atoms with Crippen molar-refractivity contribution in [3.63, 3.8) is 0 Å². The predicted octanol–water partition coefficient (Wildman–Crippen LogP) is 22.1. The van der Waals surface area contributed by atoms with Gasteiger partial charge in [-0.15, -0.1) is 0 Å². The average molecular weight is 1090 g/mol. The lowest BCUT2D eigenvalue weighted by Crippen LogP contribution is -2.26. The van der Waals surface area contributed by atoms with Crippen LogP contribution < -0.4 is 0 Å². The van der Waals surface area contributed by atoms with Crippen molar-refractivity contribution in [1.82, 2.24) is 13.7 Å². The highest BCUT2D eigenvalue weighted by molar-refractivity contribution is 6.12. The van der Waals surface area contributed by atoms with Gasteiger partial charge in [-0.05, 0) is 152 Å². The molecule has 0 saturated carbocycles. The van der Waals surface area contributed by atoms with Crippen molar-refractivity contribution in [2.45, 2.75) is 149 Å². The van der Waals surface area contributed by atoms with Gasteiger partial charge in [0.25, 0.3) is 0 Å². The van der Waals surface area contributed by atoms with Crippen molar-refractivity contribution >= 4 is 65.4 Å². The van der Waals surface area contributed by atoms with Crippen molar-refractivity contribution in [2.75, 3.05) is 0 Å². The van der Waals surface area contributed by atoms with E-state index in [9.17, 15) is 0 Å². The summed E-state index contributed by atoms with van der Waals surface area (Å²) < 4.78 is 7.41. The summed E-state index contributed by atoms with van der Waals surface area (Å²) in [6, 6.07) is 70.5. The number of aromatic nitrogens is 3. The fraction of sp³-hybridized carbons (Fsp3) is 0.284. The molecule has 12 aromatic rings. The van der Waals surface area contributed by atoms with Crippen LogP contribution in [0.2, 0.25) is 0 Å². The minimum Gasteiger partial charge on any atom is -0.340 e. The van der Waals surface area contributed by atoms with Crippen LogP contribution >= 0.6 is 0 Å². The molecular formula is C81H79N3. The van der Waals surface area contributed by atoms with Crippen LogP contribution in [0.3, 0.4) is 0 Å². The van der Waals surface area contributed by atoms with Gasteiger partial charge < -0.3 is 13.7 Å². The Kier molecular flexibility index (Phi) is 15.9. The van der Waals surface area contributed by atoms with Gasteiger partial charge >= 0.3 is 0 Å². The number of rotatable bonds is 20. The Bertz CT molecular complexity index is 4440. The Morgan fingerprint density at radius 3 is 1.29 bits per heavy atom. The summed E-state index contributed by atoms with van der Waals surface area (Å²) >= 11 is 0. The second-order valence-electron chi connectivity index (χ2n) is 24.2. The average Bonchev–Trinajstić information content (AvgIpc) is 2.16. The number of nitrogens with zero attached hydrogens (tertiary/aromatic N) is 3. The van der Waals surface area contributed by atoms with Gasteiger partial charge in [0.2, 0.25) is 0 Å². The van der Waals surface area contributed by atoms with Gasteiger partial charge in [0.05, 0.1) is 22.1 Å². The quantitative estimate of drug-likeness (QED) is 0.0534. The van der Waals surface area contributed by atoms with Crippen molar-refractivity contribution < 1.29 is 0 Å². The molecule has 0 saturated heterocycles. The van der Waals surface area contributed by atoms with Gasteiger partial charge in [0.1, 0.15) is 0 Å². The Balaban J connectivity index is 0.866. The van der Waals surface area contributed by atoms with Crippen LogP contribution in [0.1, 0.15) is 169 Å². The predicted molar refractivity (Wildman–Crippen MR) is 359 cm³/mol. The zero-order valence-corrected chi connectivity index (χ0v) is 50.0. The van der Waals surface area contributed by atoms with E-state index in [0.717, 1.165) is 53.0 Å². The second kappa shape index (κ2) is 24.4. The highest BCUT2D eigenvalue weighted by Crippen LogP contribution is 2.55. The minimum absolute atomic E-state index is 0.107. The molecule has 0 fully saturated rings. The molecule has 0 unspecified atom stereocenters. The first-order chi connectivity index (χ1) is 41.4. The van der Waals surface area contributed by atoms with E-state index < -0.39 is 0 Å². The molecule has 418 valence electrons. The van der Waals surface area contributed by atoms with Gasteiger partial charge in [-0.2, -0.15) is 0 Å². The van der Waals surface area contributed by atoms with E-state index in [4.69, 9.17) is 0 Å². The van der Waals surface area contributed by atoms with Gasteiger partial charge in [0, 0.05) is 88.9 Å². The van der Waals surface area contributed by atoms with Crippen LogP contribution in [0, 0.1) is 30.6 Å². The maximum atomic E-state index is 3.75. The summed E-state index contributed by atoms with van der Waals surface area (Å²) in [7, 11) is 0. The molecule has 84 heavy (non-hydrogen) atoms. The maximum absolute atomic E-state index is 3.75. The zero-order valence-electron chi connectivity index (χ0n) is 50.0. The molecule has 0 N–H and O–H groups in total. The molecule has 0 spiro atoms. The molecule has 3 aromatic heterocycles. The number of fused-ring (bicyclic) bond motifs is 12. The summed E-state index contributed by atoms with van der Waals surface area (Å²) in [5.41, 5.74) is 20.8. The maximum Gasteiger partial charge on any atom is 0.0561 e. The van der Waals surface area contributed by atoms with E-state index in [1.807, 2.05) is 0 Å². The van der Waals surface area contributed by atoms with Crippen molar-refractivity contribution in [2.24, 2.45) is 0 Å². The number of aryl methyl sites for hydroxylation is 2. The minimum atomic E-state index is -0.107. The summed E-state index contributed by atoms with van der Waals surface area (Å²) in [5, 5.41) is 7.58. The summed E-state index contributed by atoms with van der Waals surface area (Å²) in [4.78, 5) is 0. The Labute approximate surface area is 498 Å². The molecule has 3 heteroatoms. The van der Waals surface area contributed by atoms with Crippen LogP contribution in [0.4, 0.5) is 0 Å². The van der Waals surface area contributed by atoms with Crippen molar-refractivity contribution in [3.05, 3.63) is 227 Å². The molecule has 1 aliphatic carbocycles. The number of para-hydroxylation sites is 3. The summed E-state index contributed by atoms with van der Waals surface area (Å²) in [6.45, 7) is 10.2. The third-order valence-electron chi connectivity index (χ3n) is 18.6. The lowest BCUT2D eigenvalue weighted by atomic mass is 9.70. The van der Waals surface area contributed by atoms with Gasteiger partial charge in [-0.3, -0.25) is 0 Å². The third kappa shape index (κ3) is 10.4. The van der Waals surface area contributed by atoms with E-state index in [1.165, 1.54) is 190 Å². The fourth-order valence-corrected chi connectivity index (χ4v) is 14.3. The third-order valence-corrected chi connectivity index (χ3v) is 18.6. The molecule has 9 aromatic carbocycles. The lowest BCUT2D eigenvalue weighted by Gasteiger charge is -2.33. The van der Waals surface area contributed by atoms with Crippen LogP contribution in [0.25, 0.3) is 87.9 Å². The normalized spacial score (nSPS) is 12.6. The van der Waals surface area contributed by atoms with Crippen molar-refractivity contribution in [1.29, 1.82) is 0 Å². The molecule has 0 atom stereocenters. The van der Waals surface area contributed by atoms with E-state index in [2.05, 4.69) is 253 Å². The molecule has 0 aliphatic heterocycles. The number of unbranched alkanes of at least 4 members (excludes halogenated alkanes) is 12. The molecule has 1 aliphatic rings. The van der Waals surface area contributed by atoms with E-state index in [1.54, 1.807) is 0 Å². The van der Waals surface area contributed by atoms with E-state index in [-0.39, 0.29) is 5.41 Å². The van der Waals surface area contributed by atoms with Gasteiger partial charge in [0.15, 0.2) is 0 Å². The highest BCUT2D eigenvalue weighted by Gasteiger charge is 2.42. The first kappa shape index (κ1) is 54.7. The molecular weight excluding hydrogens is 1010 g/mol. The number of hydrogen-bond donors (Lipinski definition) is 0. The monoisotopic (exact) mass is 1090 g/mol. The van der Waals surface area contributed by atoms with E-state index in [0.29, 0.717) is 0 Å². The zero-order chi connectivity index (χ0) is 57.0. The first-order valence-electron chi connectivity index (χ1n) is 31.9. The van der Waals surface area contributed by atoms with E-state index >= 15 is 0 Å². The highest BCUT2D eigenvalue weighted by atomic mass is 15.0. The molecule has 3 nitrogen and oxygen atoms in total. The standard InChI is InChI=1S/C81H79N3/c1-5-8-11-14-23-50-81(51-24-15-12-9-6-2)73-55-61(36-34-59-40-48-76-71(53-59)69-28-17-20-29-75(69)82(76)52-25-16-13-10-7-3)38-45-65(73)66-46-39-62(56-74(66)81)37-35-60-41-49-79-72(54-60)70-47-44-64(57-80(70)83(79)63-42-32-58(4)33-43-63)84-77-30-21-18-26-67(77)68-27-19-22-31-78(68)84/h17-22,26-33,38-49,53-57H,5-16,23-25,50-52H2,1-4H3. The van der Waals surface area contributed by atoms with Gasteiger partial charge in [-0.25, -0.2) is 0 Å². The number of benzene rings is 9. The Hall–Kier alpha value is -8.50. The summed E-state index contributed by atoms with van der Waals surface area (Å²) in [6.07, 6.45) is 21.3. The Morgan fingerprint density at radius 1 is 0.321 bits per heavy atom. The second-order valence-corrected chi connectivity index (χ2v) is 24.2. The Morgan fingerprint density at radius 2 is 0.726 bits per heavy atom. The SMILES string of the molecule is CCCCCCCn1c2ccccc2c2cc(C#Cc3ccc4c(c3)C(CCCCCCC)(CCCCCCC)c3cc(C#Cc5ccc6c(c5)c5ccc(-n7c8ccccc8c8ccccc87)cc5n6-c5ccc(C)cc5)ccc3-4)ccc21. The largest absolute Gasteiger partial charge is 0.340 e. The van der Waals surface area contributed by atoms with Crippen LogP contribution in [-0.2, 0) is 12.0 Å². The molecule has 0 bridgehead atoms. The fourth-order valence-electron chi connectivity index (χ4n) is 14.3. The smallest absolute Gasteiger partial charge is 0.0561 e. The van der Waals surface area contributed by atoms with Crippen LogP contribution in [0.5, 0.6) is 0 Å². The first-order valence-corrected chi connectivity index (χ1v) is 31.9. The molecule has 3 heterocycles. The van der Waals surface area contributed by atoms with Crippen molar-refractivity contribution in [3.8, 4) is 46.2 Å². The molecule has 0 amide bonds. The van der Waals surface area contributed by atoms with Crippen LogP contribution in [-0.4, -0.2) is 13.7 Å².